The number of hydrogen-bond donors (Lipinski definition) is 0. The molecule has 1 aromatic carbocycles. The highest BCUT2D eigenvalue weighted by Gasteiger charge is 2.56. The highest BCUT2D eigenvalue weighted by Crippen LogP contribution is 2.43. The van der Waals surface area contributed by atoms with Crippen LogP contribution in [0.3, 0.4) is 0 Å². The fourth-order valence-corrected chi connectivity index (χ4v) is 6.44. The van der Waals surface area contributed by atoms with Crippen molar-refractivity contribution in [3.8, 4) is 0 Å². The second-order valence-corrected chi connectivity index (χ2v) is 12.6. The topological polar surface area (TPSA) is 167 Å². The first kappa shape index (κ1) is 35.3. The third-order valence-corrected chi connectivity index (χ3v) is 8.92. The van der Waals surface area contributed by atoms with Crippen molar-refractivity contribution in [2.45, 2.75) is 82.3 Å². The van der Waals surface area contributed by atoms with Crippen LogP contribution in [0.25, 0.3) is 5.53 Å². The number of ether oxygens (including phenoxy) is 3. The van der Waals surface area contributed by atoms with Crippen LogP contribution < -0.4 is 0 Å². The van der Waals surface area contributed by atoms with Gasteiger partial charge >= 0.3 is 17.8 Å². The standard InChI is InChI=1S/C17H23N3O6S.C12H19NO4/c1-17(2)20(13(12-24-17)8-7-11-25-23-3)16(21)15(19-18)26-27(22)14-9-5-4-6-10-14;1-7-8(5-10(14)16-4)9-6-17-12(2,3)13(9)11(7)15/h4-6,9-10,13H,7-8,11-12H2,1-3H3;7-9H,5-6H2,1-4H3. The maximum absolute atomic E-state index is 12.9. The number of hydrogen-bond acceptors (Lipinski definition) is 10. The van der Waals surface area contributed by atoms with Crippen molar-refractivity contribution in [1.82, 2.24) is 9.80 Å². The summed E-state index contributed by atoms with van der Waals surface area (Å²) in [6.07, 6.45) is 1.49. The van der Waals surface area contributed by atoms with Gasteiger partial charge in [-0.05, 0) is 52.7 Å². The van der Waals surface area contributed by atoms with Crippen molar-refractivity contribution >= 4 is 34.8 Å². The molecule has 0 saturated carbocycles. The minimum absolute atomic E-state index is 0.00303. The van der Waals surface area contributed by atoms with Gasteiger partial charge in [-0.3, -0.25) is 19.3 Å². The molecule has 244 valence electrons. The molecule has 3 saturated heterocycles. The van der Waals surface area contributed by atoms with Gasteiger partial charge in [0.05, 0.1) is 57.4 Å². The summed E-state index contributed by atoms with van der Waals surface area (Å²) in [5, 5.41) is 0. The van der Waals surface area contributed by atoms with Crippen LogP contribution in [0, 0.1) is 11.8 Å². The minimum Gasteiger partial charge on any atom is -0.469 e. The Kier molecular flexibility index (Phi) is 12.2. The van der Waals surface area contributed by atoms with E-state index in [1.165, 1.54) is 19.1 Å². The Morgan fingerprint density at radius 1 is 1.09 bits per heavy atom. The van der Waals surface area contributed by atoms with Gasteiger partial charge in [-0.1, -0.05) is 25.1 Å². The molecule has 0 aromatic heterocycles. The van der Waals surface area contributed by atoms with Crippen molar-refractivity contribution in [3.63, 3.8) is 0 Å². The Morgan fingerprint density at radius 3 is 2.36 bits per heavy atom. The zero-order valence-corrected chi connectivity index (χ0v) is 27.0. The molecular formula is C29H42N4O10S. The molecule has 0 radical (unpaired) electrons. The first-order valence-corrected chi connectivity index (χ1v) is 15.4. The van der Waals surface area contributed by atoms with E-state index in [-0.39, 0.29) is 42.2 Å². The van der Waals surface area contributed by atoms with Gasteiger partial charge in [0.1, 0.15) is 11.4 Å². The van der Waals surface area contributed by atoms with Gasteiger partial charge in [0.25, 0.3) is 0 Å². The average molecular weight is 639 g/mol. The van der Waals surface area contributed by atoms with E-state index in [9.17, 15) is 24.1 Å². The van der Waals surface area contributed by atoms with Crippen molar-refractivity contribution in [1.29, 1.82) is 0 Å². The number of rotatable bonds is 9. The number of esters is 1. The average Bonchev–Trinajstić information content (AvgIpc) is 3.58. The van der Waals surface area contributed by atoms with Crippen LogP contribution in [0.1, 0.15) is 53.9 Å². The lowest BCUT2D eigenvalue weighted by Crippen LogP contribution is -2.51. The van der Waals surface area contributed by atoms with E-state index in [2.05, 4.69) is 14.4 Å². The fraction of sp³-hybridized carbons (Fsp3) is 0.655. The van der Waals surface area contributed by atoms with Gasteiger partial charge < -0.3 is 28.8 Å². The Bertz CT molecular complexity index is 1250. The third kappa shape index (κ3) is 8.09. The minimum atomic E-state index is -1.99. The molecule has 0 bridgehead atoms. The van der Waals surface area contributed by atoms with E-state index in [1.54, 1.807) is 49.1 Å². The van der Waals surface area contributed by atoms with Crippen LogP contribution in [0.15, 0.2) is 35.2 Å². The molecule has 0 aliphatic carbocycles. The largest absolute Gasteiger partial charge is 0.555 e. The highest BCUT2D eigenvalue weighted by molar-refractivity contribution is 7.80. The van der Waals surface area contributed by atoms with Gasteiger partial charge in [-0.15, -0.1) is 4.79 Å². The van der Waals surface area contributed by atoms with Crippen LogP contribution in [0.4, 0.5) is 0 Å². The molecule has 4 rings (SSSR count). The normalized spacial score (nSPS) is 25.4. The van der Waals surface area contributed by atoms with E-state index in [4.69, 9.17) is 18.5 Å². The lowest BCUT2D eigenvalue weighted by molar-refractivity contribution is -0.273. The summed E-state index contributed by atoms with van der Waals surface area (Å²) in [6, 6.07) is 8.02. The van der Waals surface area contributed by atoms with Crippen LogP contribution in [0.5, 0.6) is 0 Å². The summed E-state index contributed by atoms with van der Waals surface area (Å²) in [4.78, 5) is 52.3. The Labute approximate surface area is 260 Å². The molecule has 0 spiro atoms. The van der Waals surface area contributed by atoms with Crippen LogP contribution in [-0.2, 0) is 53.6 Å². The summed E-state index contributed by atoms with van der Waals surface area (Å²) >= 11 is -1.99. The zero-order valence-electron chi connectivity index (χ0n) is 26.2. The molecule has 3 fully saturated rings. The predicted octanol–water partition coefficient (Wildman–Crippen LogP) is 2.45. The Morgan fingerprint density at radius 2 is 1.75 bits per heavy atom. The van der Waals surface area contributed by atoms with Gasteiger partial charge in [0.15, 0.2) is 0 Å². The molecule has 3 aliphatic rings. The summed E-state index contributed by atoms with van der Waals surface area (Å²) in [7, 11) is 2.79. The van der Waals surface area contributed by atoms with E-state index in [0.717, 1.165) is 0 Å². The maximum Gasteiger partial charge on any atom is 0.555 e. The lowest BCUT2D eigenvalue weighted by atomic mass is 9.89. The second kappa shape index (κ2) is 15.2. The summed E-state index contributed by atoms with van der Waals surface area (Å²) in [6.45, 7) is 10.3. The van der Waals surface area contributed by atoms with Crippen LogP contribution in [0.2, 0.25) is 0 Å². The van der Waals surface area contributed by atoms with E-state index >= 15 is 0 Å². The van der Waals surface area contributed by atoms with Crippen molar-refractivity contribution < 1.29 is 51.6 Å². The first-order chi connectivity index (χ1) is 20.8. The van der Waals surface area contributed by atoms with Crippen LogP contribution in [-0.4, -0.2) is 100 Å². The number of benzene rings is 1. The number of methoxy groups -OCH3 is 1. The molecule has 0 N–H and O–H groups in total. The fourth-order valence-electron chi connectivity index (χ4n) is 5.72. The van der Waals surface area contributed by atoms with Gasteiger partial charge in [-0.25, -0.2) is 14.0 Å². The molecule has 1 aromatic rings. The second-order valence-electron chi connectivity index (χ2n) is 11.5. The van der Waals surface area contributed by atoms with Crippen LogP contribution >= 0.6 is 0 Å². The van der Waals surface area contributed by atoms with Gasteiger partial charge in [0.2, 0.25) is 17.0 Å². The number of carbonyl (C=O) groups excluding carboxylic acids is 3. The Hall–Kier alpha value is -3.20. The van der Waals surface area contributed by atoms with Crippen molar-refractivity contribution in [2.75, 3.05) is 34.0 Å². The van der Waals surface area contributed by atoms with E-state index in [0.29, 0.717) is 37.6 Å². The molecule has 2 amide bonds. The summed E-state index contributed by atoms with van der Waals surface area (Å²) in [5.74, 6) is -1.69. The SMILES string of the molecule is COC(=O)CC1C(C)C(=O)N2C1COC2(C)C.COOCCCC1COC(C)(C)N1C(=O)C(=[N+]=[N-])OS(=O)c1ccccc1. The number of nitrogens with zero attached hydrogens (tertiary/aromatic N) is 4. The smallest absolute Gasteiger partial charge is 0.469 e. The Balaban J connectivity index is 0.000000266. The molecule has 5 unspecified atom stereocenters. The third-order valence-electron chi connectivity index (χ3n) is 7.95. The number of fused-ring (bicyclic) bond motifs is 1. The number of carbonyl (C=O) groups is 3. The van der Waals surface area contributed by atoms with Crippen molar-refractivity contribution in [2.24, 2.45) is 11.8 Å². The zero-order chi connectivity index (χ0) is 32.7. The van der Waals surface area contributed by atoms with Crippen molar-refractivity contribution in [3.05, 3.63) is 35.9 Å². The summed E-state index contributed by atoms with van der Waals surface area (Å²) in [5.41, 5.74) is 7.77. The monoisotopic (exact) mass is 638 g/mol. The molecule has 14 nitrogen and oxygen atoms in total. The first-order valence-electron chi connectivity index (χ1n) is 14.3. The molecule has 3 heterocycles. The highest BCUT2D eigenvalue weighted by atomic mass is 32.2. The molecular weight excluding hydrogens is 596 g/mol. The molecule has 44 heavy (non-hydrogen) atoms. The predicted molar refractivity (Wildman–Crippen MR) is 155 cm³/mol. The molecule has 15 heteroatoms. The molecule has 5 atom stereocenters. The van der Waals surface area contributed by atoms with Gasteiger partial charge in [-0.2, -0.15) is 0 Å². The maximum atomic E-state index is 12.9. The molecule has 3 aliphatic heterocycles. The lowest BCUT2D eigenvalue weighted by Gasteiger charge is -2.31. The quantitative estimate of drug-likeness (QED) is 0.0573. The number of amides is 2. The van der Waals surface area contributed by atoms with E-state index in [1.807, 2.05) is 20.8 Å². The summed E-state index contributed by atoms with van der Waals surface area (Å²) < 4.78 is 33.4. The van der Waals surface area contributed by atoms with Gasteiger partial charge in [0, 0.05) is 11.8 Å². The van der Waals surface area contributed by atoms with E-state index < -0.39 is 34.3 Å².